The summed E-state index contributed by atoms with van der Waals surface area (Å²) < 4.78 is 30.2. The topological polar surface area (TPSA) is 98.8 Å². The van der Waals surface area contributed by atoms with E-state index in [0.29, 0.717) is 48.1 Å². The van der Waals surface area contributed by atoms with Crippen LogP contribution in [0.4, 0.5) is 5.69 Å². The maximum Gasteiger partial charge on any atom is 0.255 e. The molecule has 2 amide bonds. The van der Waals surface area contributed by atoms with Crippen molar-refractivity contribution >= 4 is 38.3 Å². The van der Waals surface area contributed by atoms with Crippen molar-refractivity contribution in [3.8, 4) is 0 Å². The average Bonchev–Trinajstić information content (AvgIpc) is 2.88. The molecule has 38 heavy (non-hydrogen) atoms. The normalized spacial score (nSPS) is 18.1. The lowest BCUT2D eigenvalue weighted by Crippen LogP contribution is -2.53. The van der Waals surface area contributed by atoms with Crippen LogP contribution in [0.5, 0.6) is 0 Å². The Bertz CT molecular complexity index is 1440. The summed E-state index contributed by atoms with van der Waals surface area (Å²) in [5.74, 6) is -0.170. The summed E-state index contributed by atoms with van der Waals surface area (Å²) in [5, 5.41) is 4.14. The maximum atomic E-state index is 13.7. The van der Waals surface area contributed by atoms with Crippen LogP contribution in [0, 0.1) is 12.8 Å². The highest BCUT2D eigenvalue weighted by atomic mass is 32.2. The molecule has 4 rings (SSSR count). The second kappa shape index (κ2) is 11.6. The Morgan fingerprint density at radius 2 is 1.68 bits per heavy atom. The molecule has 0 spiro atoms. The van der Waals surface area contributed by atoms with Crippen molar-refractivity contribution in [1.82, 2.24) is 14.5 Å². The van der Waals surface area contributed by atoms with Gasteiger partial charge in [0.25, 0.3) is 5.91 Å². The summed E-state index contributed by atoms with van der Waals surface area (Å²) in [7, 11) is -0.143. The number of anilines is 1. The predicted molar refractivity (Wildman–Crippen MR) is 151 cm³/mol. The number of carbonyl (C=O) groups excluding carboxylic acids is 2. The van der Waals surface area contributed by atoms with Gasteiger partial charge in [0.2, 0.25) is 15.9 Å². The predicted octanol–water partition coefficient (Wildman–Crippen LogP) is 3.87. The number of nitrogens with one attached hydrogen (secondary N) is 2. The molecule has 2 N–H and O–H groups in total. The zero-order chi connectivity index (χ0) is 27.4. The maximum absolute atomic E-state index is 13.7. The molecule has 9 heteroatoms. The monoisotopic (exact) mass is 536 g/mol. The molecular weight excluding hydrogens is 500 g/mol. The molecule has 202 valence electrons. The lowest BCUT2D eigenvalue weighted by Gasteiger charge is -2.39. The Kier molecular flexibility index (Phi) is 8.50. The summed E-state index contributed by atoms with van der Waals surface area (Å²) in [6.45, 7) is 5.28. The number of nitrogens with zero attached hydrogens (tertiary/aromatic N) is 2. The number of rotatable bonds is 8. The van der Waals surface area contributed by atoms with Crippen LogP contribution in [0.3, 0.4) is 0 Å². The molecule has 2 atom stereocenters. The number of likely N-dealkylation sites (N-methyl/N-ethyl adjacent to an activating group) is 1. The third kappa shape index (κ3) is 6.06. The Morgan fingerprint density at radius 3 is 2.37 bits per heavy atom. The molecule has 0 aromatic heterocycles. The van der Waals surface area contributed by atoms with Gasteiger partial charge in [-0.2, -0.15) is 0 Å². The van der Waals surface area contributed by atoms with Crippen molar-refractivity contribution < 1.29 is 18.0 Å². The second-order valence-corrected chi connectivity index (χ2v) is 11.9. The van der Waals surface area contributed by atoms with Crippen LogP contribution in [0.1, 0.15) is 35.7 Å². The lowest BCUT2D eigenvalue weighted by atomic mass is 9.90. The minimum Gasteiger partial charge on any atom is -0.341 e. The number of fused-ring (bicyclic) bond motifs is 1. The van der Waals surface area contributed by atoms with Crippen molar-refractivity contribution in [3.63, 3.8) is 0 Å². The largest absolute Gasteiger partial charge is 0.341 e. The molecule has 0 saturated carbocycles. The number of amides is 2. The minimum atomic E-state index is -3.86. The van der Waals surface area contributed by atoms with Gasteiger partial charge in [-0.3, -0.25) is 9.59 Å². The molecule has 0 unspecified atom stereocenters. The molecule has 0 bridgehead atoms. The first-order chi connectivity index (χ1) is 18.1. The van der Waals surface area contributed by atoms with Gasteiger partial charge < -0.3 is 15.1 Å². The fraction of sp³-hybridized carbons (Fsp3) is 0.379. The number of piperidine rings is 1. The number of hydrogen-bond acceptors (Lipinski definition) is 5. The molecule has 1 saturated heterocycles. The zero-order valence-corrected chi connectivity index (χ0v) is 23.2. The van der Waals surface area contributed by atoms with Gasteiger partial charge in [-0.05, 0) is 57.1 Å². The SMILES string of the molecule is CC[C@H]1CN(C(=O)CN(C)C)CC[C@@H]1NS(=O)(=O)c1ccc(NC(=O)c2ccccc2C)c2ccccc12. The number of sulfonamides is 1. The van der Waals surface area contributed by atoms with Gasteiger partial charge in [0.1, 0.15) is 0 Å². The fourth-order valence-electron chi connectivity index (χ4n) is 5.09. The van der Waals surface area contributed by atoms with E-state index < -0.39 is 10.0 Å². The number of benzene rings is 3. The third-order valence-electron chi connectivity index (χ3n) is 7.18. The standard InChI is InChI=1S/C29H36N4O4S/c1-5-21-18-33(28(34)19-32(3)4)17-16-25(21)31-38(36,37)27-15-14-26(23-12-8-9-13-24(23)27)30-29(35)22-11-7-6-10-20(22)2/h6-15,21,25,31H,5,16-19H2,1-4H3,(H,30,35)/t21-,25-/m0/s1. The number of hydrogen-bond donors (Lipinski definition) is 2. The lowest BCUT2D eigenvalue weighted by molar-refractivity contribution is -0.133. The van der Waals surface area contributed by atoms with E-state index in [1.54, 1.807) is 30.3 Å². The van der Waals surface area contributed by atoms with Crippen LogP contribution >= 0.6 is 0 Å². The molecule has 1 heterocycles. The molecule has 1 aliphatic rings. The number of likely N-dealkylation sites (tertiary alicyclic amines) is 1. The highest BCUT2D eigenvalue weighted by molar-refractivity contribution is 7.89. The van der Waals surface area contributed by atoms with E-state index in [-0.39, 0.29) is 28.7 Å². The van der Waals surface area contributed by atoms with Crippen LogP contribution in [-0.4, -0.2) is 69.8 Å². The van der Waals surface area contributed by atoms with Crippen molar-refractivity contribution in [1.29, 1.82) is 0 Å². The zero-order valence-electron chi connectivity index (χ0n) is 22.4. The number of aryl methyl sites for hydroxylation is 1. The van der Waals surface area contributed by atoms with Gasteiger partial charge in [-0.1, -0.05) is 55.8 Å². The number of carbonyl (C=O) groups is 2. The van der Waals surface area contributed by atoms with E-state index >= 15 is 0 Å². The molecule has 8 nitrogen and oxygen atoms in total. The van der Waals surface area contributed by atoms with Crippen molar-refractivity contribution in [3.05, 3.63) is 71.8 Å². The van der Waals surface area contributed by atoms with Gasteiger partial charge in [0.15, 0.2) is 0 Å². The van der Waals surface area contributed by atoms with Crippen LogP contribution in [0.2, 0.25) is 0 Å². The van der Waals surface area contributed by atoms with Crippen molar-refractivity contribution in [2.45, 2.75) is 37.6 Å². The van der Waals surface area contributed by atoms with E-state index in [2.05, 4.69) is 10.0 Å². The van der Waals surface area contributed by atoms with Gasteiger partial charge in [0, 0.05) is 41.2 Å². The Morgan fingerprint density at radius 1 is 1.00 bits per heavy atom. The van der Waals surface area contributed by atoms with E-state index in [1.165, 1.54) is 0 Å². The van der Waals surface area contributed by atoms with Crippen LogP contribution < -0.4 is 10.0 Å². The van der Waals surface area contributed by atoms with E-state index in [9.17, 15) is 18.0 Å². The summed E-state index contributed by atoms with van der Waals surface area (Å²) in [6.07, 6.45) is 1.31. The first kappa shape index (κ1) is 27.8. The summed E-state index contributed by atoms with van der Waals surface area (Å²) in [6, 6.07) is 17.4. The molecule has 1 fully saturated rings. The summed E-state index contributed by atoms with van der Waals surface area (Å²) >= 11 is 0. The quantitative estimate of drug-likeness (QED) is 0.456. The second-order valence-electron chi connectivity index (χ2n) is 10.2. The average molecular weight is 537 g/mol. The van der Waals surface area contributed by atoms with Gasteiger partial charge >= 0.3 is 0 Å². The van der Waals surface area contributed by atoms with Crippen LogP contribution in [0.15, 0.2) is 65.6 Å². The smallest absolute Gasteiger partial charge is 0.255 e. The van der Waals surface area contributed by atoms with Gasteiger partial charge in [-0.25, -0.2) is 13.1 Å². The Hall–Kier alpha value is -3.27. The van der Waals surface area contributed by atoms with Crippen molar-refractivity contribution in [2.24, 2.45) is 5.92 Å². The van der Waals surface area contributed by atoms with Crippen LogP contribution in [-0.2, 0) is 14.8 Å². The van der Waals surface area contributed by atoms with E-state index in [0.717, 1.165) is 12.0 Å². The Balaban J connectivity index is 1.57. The highest BCUT2D eigenvalue weighted by Crippen LogP contribution is 2.31. The van der Waals surface area contributed by atoms with Gasteiger partial charge in [0.05, 0.1) is 11.4 Å². The molecule has 0 aliphatic carbocycles. The van der Waals surface area contributed by atoms with Crippen molar-refractivity contribution in [2.75, 3.05) is 39.0 Å². The first-order valence-electron chi connectivity index (χ1n) is 12.9. The van der Waals surface area contributed by atoms with Crippen LogP contribution in [0.25, 0.3) is 10.8 Å². The molecular formula is C29H36N4O4S. The molecule has 1 aliphatic heterocycles. The first-order valence-corrected chi connectivity index (χ1v) is 14.4. The Labute approximate surface area is 225 Å². The summed E-state index contributed by atoms with van der Waals surface area (Å²) in [5.41, 5.74) is 1.97. The molecule has 3 aromatic rings. The van der Waals surface area contributed by atoms with E-state index in [4.69, 9.17) is 0 Å². The summed E-state index contributed by atoms with van der Waals surface area (Å²) in [4.78, 5) is 29.4. The van der Waals surface area contributed by atoms with E-state index in [1.807, 2.05) is 68.1 Å². The minimum absolute atomic E-state index is 0.0172. The molecule has 3 aromatic carbocycles. The highest BCUT2D eigenvalue weighted by Gasteiger charge is 2.34. The molecule has 0 radical (unpaired) electrons. The van der Waals surface area contributed by atoms with Gasteiger partial charge in [-0.15, -0.1) is 0 Å². The fourth-order valence-corrected chi connectivity index (χ4v) is 6.64. The third-order valence-corrected chi connectivity index (χ3v) is 8.73.